The fourth-order valence-electron chi connectivity index (χ4n) is 3.27. The highest BCUT2D eigenvalue weighted by Gasteiger charge is 2.19. The van der Waals surface area contributed by atoms with E-state index in [4.69, 9.17) is 21.1 Å². The SMILES string of the molecule is CCn1cc(C(=O)N[C@H](C)c2ccc(OC)c(OC)c2)c(=O)c2cc(Cl)ccc21. The second kappa shape index (κ2) is 8.57. The van der Waals surface area contributed by atoms with Gasteiger partial charge in [-0.2, -0.15) is 0 Å². The van der Waals surface area contributed by atoms with Gasteiger partial charge in [0, 0.05) is 23.2 Å². The summed E-state index contributed by atoms with van der Waals surface area (Å²) in [4.78, 5) is 25.8. The number of aryl methyl sites for hydroxylation is 1. The largest absolute Gasteiger partial charge is 0.493 e. The van der Waals surface area contributed by atoms with E-state index in [2.05, 4.69) is 5.32 Å². The van der Waals surface area contributed by atoms with Crippen molar-refractivity contribution in [3.05, 3.63) is 69.0 Å². The second-order valence-corrected chi connectivity index (χ2v) is 7.07. The van der Waals surface area contributed by atoms with E-state index in [-0.39, 0.29) is 17.0 Å². The average Bonchev–Trinajstić information content (AvgIpc) is 2.73. The molecule has 0 saturated heterocycles. The van der Waals surface area contributed by atoms with Crippen molar-refractivity contribution in [1.82, 2.24) is 9.88 Å². The van der Waals surface area contributed by atoms with Crippen molar-refractivity contribution in [2.45, 2.75) is 26.4 Å². The van der Waals surface area contributed by atoms with Crippen LogP contribution >= 0.6 is 11.6 Å². The first-order valence-electron chi connectivity index (χ1n) is 9.25. The van der Waals surface area contributed by atoms with Crippen molar-refractivity contribution in [2.75, 3.05) is 14.2 Å². The first kappa shape index (κ1) is 20.7. The van der Waals surface area contributed by atoms with Crippen LogP contribution in [0.1, 0.15) is 35.8 Å². The molecule has 152 valence electrons. The minimum absolute atomic E-state index is 0.0777. The van der Waals surface area contributed by atoms with E-state index in [0.717, 1.165) is 11.1 Å². The van der Waals surface area contributed by atoms with E-state index in [9.17, 15) is 9.59 Å². The van der Waals surface area contributed by atoms with Gasteiger partial charge in [0.05, 0.1) is 25.8 Å². The number of nitrogens with zero attached hydrogens (tertiary/aromatic N) is 1. The van der Waals surface area contributed by atoms with E-state index in [0.29, 0.717) is 28.5 Å². The minimum atomic E-state index is -0.443. The quantitative estimate of drug-likeness (QED) is 0.656. The normalized spacial score (nSPS) is 11.9. The summed E-state index contributed by atoms with van der Waals surface area (Å²) in [5.41, 5.74) is 1.31. The summed E-state index contributed by atoms with van der Waals surface area (Å²) in [6.07, 6.45) is 1.59. The number of carbonyl (C=O) groups excluding carboxylic acids is 1. The number of fused-ring (bicyclic) bond motifs is 1. The Morgan fingerprint density at radius 3 is 2.52 bits per heavy atom. The number of rotatable bonds is 6. The Labute approximate surface area is 174 Å². The summed E-state index contributed by atoms with van der Waals surface area (Å²) in [7, 11) is 3.12. The molecule has 6 nitrogen and oxygen atoms in total. The van der Waals surface area contributed by atoms with Crippen molar-refractivity contribution >= 4 is 28.4 Å². The van der Waals surface area contributed by atoms with Crippen LogP contribution in [0.4, 0.5) is 0 Å². The zero-order valence-corrected chi connectivity index (χ0v) is 17.5. The number of benzene rings is 2. The van der Waals surface area contributed by atoms with E-state index in [1.54, 1.807) is 50.7 Å². The molecule has 0 aliphatic carbocycles. The first-order valence-corrected chi connectivity index (χ1v) is 9.62. The van der Waals surface area contributed by atoms with Crippen LogP contribution in [0.2, 0.25) is 5.02 Å². The molecule has 1 N–H and O–H groups in total. The van der Waals surface area contributed by atoms with Gasteiger partial charge in [-0.25, -0.2) is 0 Å². The van der Waals surface area contributed by atoms with Gasteiger partial charge < -0.3 is 19.4 Å². The van der Waals surface area contributed by atoms with Gasteiger partial charge in [0.15, 0.2) is 11.5 Å². The molecule has 1 aromatic heterocycles. The topological polar surface area (TPSA) is 69.6 Å². The van der Waals surface area contributed by atoms with Crippen LogP contribution in [-0.2, 0) is 6.54 Å². The Bertz CT molecular complexity index is 1120. The average molecular weight is 415 g/mol. The van der Waals surface area contributed by atoms with Gasteiger partial charge in [-0.3, -0.25) is 9.59 Å². The number of ether oxygens (including phenoxy) is 2. The molecule has 0 aliphatic heterocycles. The summed E-state index contributed by atoms with van der Waals surface area (Å²) < 4.78 is 12.4. The minimum Gasteiger partial charge on any atom is -0.493 e. The van der Waals surface area contributed by atoms with E-state index in [1.807, 2.05) is 24.5 Å². The molecular formula is C22H23ClN2O4. The van der Waals surface area contributed by atoms with Crippen LogP contribution in [0.5, 0.6) is 11.5 Å². The Kier molecular flexibility index (Phi) is 6.13. The molecular weight excluding hydrogens is 392 g/mol. The molecule has 1 heterocycles. The van der Waals surface area contributed by atoms with E-state index in [1.165, 1.54) is 0 Å². The molecule has 3 aromatic rings. The summed E-state index contributed by atoms with van der Waals surface area (Å²) in [6, 6.07) is 10.2. The van der Waals surface area contributed by atoms with E-state index >= 15 is 0 Å². The number of nitrogens with one attached hydrogen (secondary N) is 1. The molecule has 0 radical (unpaired) electrons. The van der Waals surface area contributed by atoms with Gasteiger partial charge in [0.1, 0.15) is 5.56 Å². The molecule has 0 unspecified atom stereocenters. The van der Waals surface area contributed by atoms with Crippen LogP contribution in [0.3, 0.4) is 0 Å². The predicted octanol–water partition coefficient (Wildman–Crippen LogP) is 4.18. The van der Waals surface area contributed by atoms with Crippen LogP contribution in [0, 0.1) is 0 Å². The van der Waals surface area contributed by atoms with Crippen LogP contribution in [-0.4, -0.2) is 24.7 Å². The fourth-order valence-corrected chi connectivity index (χ4v) is 3.45. The molecule has 7 heteroatoms. The first-order chi connectivity index (χ1) is 13.9. The lowest BCUT2D eigenvalue weighted by Crippen LogP contribution is -2.31. The van der Waals surface area contributed by atoms with Crippen LogP contribution in [0.15, 0.2) is 47.4 Å². The molecule has 2 aromatic carbocycles. The molecule has 1 amide bonds. The van der Waals surface area contributed by atoms with Gasteiger partial charge >= 0.3 is 0 Å². The molecule has 1 atom stereocenters. The Hall–Kier alpha value is -2.99. The molecule has 3 rings (SSSR count). The number of methoxy groups -OCH3 is 2. The highest BCUT2D eigenvalue weighted by molar-refractivity contribution is 6.31. The van der Waals surface area contributed by atoms with Crippen molar-refractivity contribution in [3.8, 4) is 11.5 Å². The number of amides is 1. The number of hydrogen-bond donors (Lipinski definition) is 1. The number of carbonyl (C=O) groups is 1. The third kappa shape index (κ3) is 4.07. The van der Waals surface area contributed by atoms with Crippen molar-refractivity contribution in [3.63, 3.8) is 0 Å². The number of halogens is 1. The second-order valence-electron chi connectivity index (χ2n) is 6.63. The van der Waals surface area contributed by atoms with Crippen LogP contribution in [0.25, 0.3) is 10.9 Å². The Morgan fingerprint density at radius 1 is 1.14 bits per heavy atom. The lowest BCUT2D eigenvalue weighted by atomic mass is 10.1. The molecule has 0 bridgehead atoms. The number of aromatic nitrogens is 1. The van der Waals surface area contributed by atoms with Crippen molar-refractivity contribution in [1.29, 1.82) is 0 Å². The van der Waals surface area contributed by atoms with Gasteiger partial charge in [-0.15, -0.1) is 0 Å². The van der Waals surface area contributed by atoms with Gasteiger partial charge in [0.2, 0.25) is 5.43 Å². The monoisotopic (exact) mass is 414 g/mol. The summed E-state index contributed by atoms with van der Waals surface area (Å²) in [5, 5.41) is 3.77. The molecule has 0 spiro atoms. The molecule has 0 saturated carbocycles. The van der Waals surface area contributed by atoms with E-state index < -0.39 is 5.91 Å². The standard InChI is InChI=1S/C22H23ClN2O4/c1-5-25-12-17(21(26)16-11-15(23)7-8-18(16)25)22(27)24-13(2)14-6-9-19(28-3)20(10-14)29-4/h6-13H,5H2,1-4H3,(H,24,27)/t13-/m1/s1. The maximum atomic E-state index is 12.9. The maximum Gasteiger partial charge on any atom is 0.257 e. The number of pyridine rings is 1. The zero-order chi connectivity index (χ0) is 21.1. The Balaban J connectivity index is 1.96. The van der Waals surface area contributed by atoms with Gasteiger partial charge in [0.25, 0.3) is 5.91 Å². The third-order valence-electron chi connectivity index (χ3n) is 4.88. The summed E-state index contributed by atoms with van der Waals surface area (Å²) in [5.74, 6) is 0.730. The highest BCUT2D eigenvalue weighted by atomic mass is 35.5. The summed E-state index contributed by atoms with van der Waals surface area (Å²) in [6.45, 7) is 4.41. The maximum absolute atomic E-state index is 12.9. The van der Waals surface area contributed by atoms with Gasteiger partial charge in [-0.1, -0.05) is 17.7 Å². The van der Waals surface area contributed by atoms with Crippen molar-refractivity contribution < 1.29 is 14.3 Å². The van der Waals surface area contributed by atoms with Gasteiger partial charge in [-0.05, 0) is 49.7 Å². The van der Waals surface area contributed by atoms with Crippen molar-refractivity contribution in [2.24, 2.45) is 0 Å². The smallest absolute Gasteiger partial charge is 0.257 e. The third-order valence-corrected chi connectivity index (χ3v) is 5.12. The predicted molar refractivity (Wildman–Crippen MR) is 114 cm³/mol. The summed E-state index contributed by atoms with van der Waals surface area (Å²) >= 11 is 6.06. The molecule has 0 fully saturated rings. The lowest BCUT2D eigenvalue weighted by molar-refractivity contribution is 0.0938. The highest BCUT2D eigenvalue weighted by Crippen LogP contribution is 2.30. The lowest BCUT2D eigenvalue weighted by Gasteiger charge is -2.17. The molecule has 29 heavy (non-hydrogen) atoms. The zero-order valence-electron chi connectivity index (χ0n) is 16.8. The van der Waals surface area contributed by atoms with Crippen LogP contribution < -0.4 is 20.2 Å². The Morgan fingerprint density at radius 2 is 1.86 bits per heavy atom. The fraction of sp³-hybridized carbons (Fsp3) is 0.273. The molecule has 0 aliphatic rings. The number of hydrogen-bond acceptors (Lipinski definition) is 4.